The molecule has 1 N–H and O–H groups in total. The molecule has 3 aromatic rings. The molecule has 0 spiro atoms. The molecule has 0 fully saturated rings. The number of nitrogens with zero attached hydrogens (tertiary/aromatic N) is 2. The molecule has 0 saturated carbocycles. The van der Waals surface area contributed by atoms with Gasteiger partial charge in [0.1, 0.15) is 12.6 Å². The van der Waals surface area contributed by atoms with Crippen molar-refractivity contribution in [3.63, 3.8) is 0 Å². The lowest BCUT2D eigenvalue weighted by molar-refractivity contribution is -0.139. The van der Waals surface area contributed by atoms with E-state index in [1.165, 1.54) is 42.3 Å². The van der Waals surface area contributed by atoms with Crippen LogP contribution in [0.25, 0.3) is 0 Å². The van der Waals surface area contributed by atoms with Crippen LogP contribution in [0.4, 0.5) is 5.69 Å². The van der Waals surface area contributed by atoms with Gasteiger partial charge in [-0.1, -0.05) is 76.2 Å². The summed E-state index contributed by atoms with van der Waals surface area (Å²) in [5.74, 6) is -1.09. The molecule has 3 rings (SSSR count). The topological polar surface area (TPSA) is 86.8 Å². The van der Waals surface area contributed by atoms with Crippen LogP contribution in [0.15, 0.2) is 65.6 Å². The average Bonchev–Trinajstić information content (AvgIpc) is 2.88. The molecule has 1 atom stereocenters. The molecule has 0 aromatic heterocycles. The van der Waals surface area contributed by atoms with E-state index in [1.54, 1.807) is 37.3 Å². The molecule has 0 unspecified atom stereocenters. The van der Waals surface area contributed by atoms with E-state index in [-0.39, 0.29) is 32.2 Å². The second-order valence-corrected chi connectivity index (χ2v) is 11.9. The standard InChI is InChI=1S/C26H25Cl4N3O4S/c1-16-7-10-19(11-8-16)38(36,37)33(23-6-4-5-21(28)25(23)30)15-24(34)32(17(2)26(35)31-3)14-18-9-12-20(27)22(29)13-18/h4-13,17H,14-15H2,1-3H3,(H,31,35)/t17-/m1/s1. The van der Waals surface area contributed by atoms with E-state index in [0.29, 0.717) is 10.6 Å². The summed E-state index contributed by atoms with van der Waals surface area (Å²) < 4.78 is 28.5. The molecule has 12 heteroatoms. The third-order valence-corrected chi connectivity index (χ3v) is 9.16. The Morgan fingerprint density at radius 1 is 0.921 bits per heavy atom. The van der Waals surface area contributed by atoms with Crippen molar-refractivity contribution in [1.82, 2.24) is 10.2 Å². The quantitative estimate of drug-likeness (QED) is 0.321. The van der Waals surface area contributed by atoms with Crippen LogP contribution in [0.5, 0.6) is 0 Å². The van der Waals surface area contributed by atoms with E-state index >= 15 is 0 Å². The van der Waals surface area contributed by atoms with Gasteiger partial charge >= 0.3 is 0 Å². The van der Waals surface area contributed by atoms with Gasteiger partial charge in [-0.15, -0.1) is 0 Å². The number of hydrogen-bond acceptors (Lipinski definition) is 4. The summed E-state index contributed by atoms with van der Waals surface area (Å²) in [6.45, 7) is 2.68. The van der Waals surface area contributed by atoms with E-state index in [9.17, 15) is 18.0 Å². The summed E-state index contributed by atoms with van der Waals surface area (Å²) in [6.07, 6.45) is 0. The summed E-state index contributed by atoms with van der Waals surface area (Å²) in [7, 11) is -2.83. The Balaban J connectivity index is 2.08. The largest absolute Gasteiger partial charge is 0.357 e. The maximum atomic E-state index is 13.8. The number of nitrogens with one attached hydrogen (secondary N) is 1. The highest BCUT2D eigenvalue weighted by Crippen LogP contribution is 2.35. The molecule has 0 heterocycles. The average molecular weight is 617 g/mol. The Bertz CT molecular complexity index is 1450. The first-order valence-electron chi connectivity index (χ1n) is 11.3. The monoisotopic (exact) mass is 615 g/mol. The van der Waals surface area contributed by atoms with E-state index in [1.807, 2.05) is 6.92 Å². The number of hydrogen-bond donors (Lipinski definition) is 1. The zero-order chi connectivity index (χ0) is 28.2. The molecule has 38 heavy (non-hydrogen) atoms. The SMILES string of the molecule is CNC(=O)[C@@H](C)N(Cc1ccc(Cl)c(Cl)c1)C(=O)CN(c1cccc(Cl)c1Cl)S(=O)(=O)c1ccc(C)cc1. The zero-order valence-electron chi connectivity index (χ0n) is 20.7. The fraction of sp³-hybridized carbons (Fsp3) is 0.231. The molecular formula is C26H25Cl4N3O4S. The van der Waals surface area contributed by atoms with Crippen LogP contribution >= 0.6 is 46.4 Å². The van der Waals surface area contributed by atoms with Crippen molar-refractivity contribution < 1.29 is 18.0 Å². The minimum Gasteiger partial charge on any atom is -0.357 e. The molecule has 0 radical (unpaired) electrons. The molecule has 7 nitrogen and oxygen atoms in total. The van der Waals surface area contributed by atoms with Crippen molar-refractivity contribution in [1.29, 1.82) is 0 Å². The highest BCUT2D eigenvalue weighted by atomic mass is 35.5. The first-order chi connectivity index (χ1) is 17.9. The van der Waals surface area contributed by atoms with Gasteiger partial charge in [0.2, 0.25) is 11.8 Å². The van der Waals surface area contributed by atoms with Gasteiger partial charge in [0.15, 0.2) is 0 Å². The van der Waals surface area contributed by atoms with Crippen molar-refractivity contribution in [2.75, 3.05) is 17.9 Å². The van der Waals surface area contributed by atoms with Crippen molar-refractivity contribution in [3.05, 3.63) is 91.9 Å². The van der Waals surface area contributed by atoms with E-state index in [4.69, 9.17) is 46.4 Å². The molecule has 0 aliphatic heterocycles. The van der Waals surface area contributed by atoms with Crippen LogP contribution in [-0.4, -0.2) is 44.8 Å². The number of benzene rings is 3. The number of carbonyl (C=O) groups excluding carboxylic acids is 2. The number of likely N-dealkylation sites (N-methyl/N-ethyl adjacent to an activating group) is 1. The van der Waals surface area contributed by atoms with Crippen molar-refractivity contribution in [3.8, 4) is 0 Å². The Morgan fingerprint density at radius 3 is 2.18 bits per heavy atom. The van der Waals surface area contributed by atoms with Gasteiger partial charge in [-0.3, -0.25) is 13.9 Å². The lowest BCUT2D eigenvalue weighted by Gasteiger charge is -2.32. The highest BCUT2D eigenvalue weighted by Gasteiger charge is 2.33. The molecule has 0 aliphatic rings. The fourth-order valence-corrected chi connectivity index (χ4v) is 5.86. The maximum absolute atomic E-state index is 13.8. The van der Waals surface area contributed by atoms with Gasteiger partial charge in [-0.05, 0) is 55.8 Å². The van der Waals surface area contributed by atoms with E-state index in [2.05, 4.69) is 5.32 Å². The Morgan fingerprint density at radius 2 is 1.58 bits per heavy atom. The van der Waals surface area contributed by atoms with Gasteiger partial charge < -0.3 is 10.2 Å². The summed E-state index contributed by atoms with van der Waals surface area (Å²) in [6, 6.07) is 14.6. The summed E-state index contributed by atoms with van der Waals surface area (Å²) in [5, 5.41) is 3.21. The smallest absolute Gasteiger partial charge is 0.264 e. The number of carbonyl (C=O) groups is 2. The Labute approximate surface area is 242 Å². The molecule has 3 aromatic carbocycles. The number of halogens is 4. The Hall–Kier alpha value is -2.49. The number of sulfonamides is 1. The lowest BCUT2D eigenvalue weighted by atomic mass is 10.1. The molecule has 2 amide bonds. The summed E-state index contributed by atoms with van der Waals surface area (Å²) >= 11 is 24.8. The molecule has 0 aliphatic carbocycles. The first kappa shape index (κ1) is 30.1. The van der Waals surface area contributed by atoms with Crippen molar-refractivity contribution in [2.24, 2.45) is 0 Å². The molecule has 202 valence electrons. The first-order valence-corrected chi connectivity index (χ1v) is 14.3. The van der Waals surface area contributed by atoms with Gasteiger partial charge in [0, 0.05) is 13.6 Å². The van der Waals surface area contributed by atoms with Crippen LogP contribution in [0.2, 0.25) is 20.1 Å². The third kappa shape index (κ3) is 6.74. The normalized spacial score (nSPS) is 12.1. The number of aryl methyl sites for hydroxylation is 1. The predicted molar refractivity (Wildman–Crippen MR) is 153 cm³/mol. The molecule has 0 saturated heterocycles. The predicted octanol–water partition coefficient (Wildman–Crippen LogP) is 5.97. The van der Waals surface area contributed by atoms with Gasteiger partial charge in [-0.25, -0.2) is 8.42 Å². The van der Waals surface area contributed by atoms with Gasteiger partial charge in [-0.2, -0.15) is 0 Å². The van der Waals surface area contributed by atoms with Crippen LogP contribution in [-0.2, 0) is 26.2 Å². The van der Waals surface area contributed by atoms with Crippen LogP contribution in [0.1, 0.15) is 18.1 Å². The summed E-state index contributed by atoms with van der Waals surface area (Å²) in [4.78, 5) is 27.5. The number of anilines is 1. The lowest BCUT2D eigenvalue weighted by Crippen LogP contribution is -2.50. The van der Waals surface area contributed by atoms with Crippen LogP contribution < -0.4 is 9.62 Å². The second-order valence-electron chi connectivity index (χ2n) is 8.46. The van der Waals surface area contributed by atoms with E-state index in [0.717, 1.165) is 9.87 Å². The van der Waals surface area contributed by atoms with Crippen LogP contribution in [0.3, 0.4) is 0 Å². The second kappa shape index (κ2) is 12.6. The third-order valence-electron chi connectivity index (χ3n) is 5.84. The van der Waals surface area contributed by atoms with Crippen molar-refractivity contribution in [2.45, 2.75) is 31.3 Å². The minimum atomic E-state index is -4.27. The number of amides is 2. The highest BCUT2D eigenvalue weighted by molar-refractivity contribution is 7.92. The minimum absolute atomic E-state index is 0.0233. The molecule has 0 bridgehead atoms. The fourth-order valence-electron chi connectivity index (χ4n) is 3.66. The Kier molecular flexibility index (Phi) is 9.95. The van der Waals surface area contributed by atoms with Gasteiger partial charge in [0.25, 0.3) is 10.0 Å². The van der Waals surface area contributed by atoms with Crippen molar-refractivity contribution >= 4 is 73.9 Å². The molecular weight excluding hydrogens is 592 g/mol. The zero-order valence-corrected chi connectivity index (χ0v) is 24.6. The van der Waals surface area contributed by atoms with E-state index < -0.39 is 34.4 Å². The van der Waals surface area contributed by atoms with Crippen LogP contribution in [0, 0.1) is 6.92 Å². The maximum Gasteiger partial charge on any atom is 0.264 e. The summed E-state index contributed by atoms with van der Waals surface area (Å²) in [5.41, 5.74) is 1.48. The van der Waals surface area contributed by atoms with Gasteiger partial charge in [0.05, 0.1) is 30.7 Å². The number of rotatable bonds is 9.